The molecule has 0 heterocycles. The zero-order valence-corrected chi connectivity index (χ0v) is 8.51. The van der Waals surface area contributed by atoms with Crippen molar-refractivity contribution in [1.29, 1.82) is 0 Å². The summed E-state index contributed by atoms with van der Waals surface area (Å²) >= 11 is 3.19. The molecule has 11 heavy (non-hydrogen) atoms. The molecular weight excluding hydrogens is 230 g/mol. The molecule has 0 atom stereocenters. The van der Waals surface area contributed by atoms with E-state index in [2.05, 4.69) is 15.9 Å². The van der Waals surface area contributed by atoms with Gasteiger partial charge in [0.15, 0.2) is 0 Å². The highest BCUT2D eigenvalue weighted by Gasteiger charge is 1.98. The quantitative estimate of drug-likeness (QED) is 0.703. The molecule has 0 spiro atoms. The highest BCUT2D eigenvalue weighted by Crippen LogP contribution is 2.15. The Morgan fingerprint density at radius 1 is 1.45 bits per heavy atom. The monoisotopic (exact) mass is 238 g/mol. The minimum absolute atomic E-state index is 0. The zero-order chi connectivity index (χ0) is 7.56. The molecule has 1 aromatic carbocycles. The van der Waals surface area contributed by atoms with E-state index in [1.807, 2.05) is 13.0 Å². The number of hydrogen-bond donors (Lipinski definition) is 0. The van der Waals surface area contributed by atoms with Gasteiger partial charge in [0.05, 0.1) is 0 Å². The molecule has 3 heteroatoms. The molecule has 0 aromatic heterocycles. The van der Waals surface area contributed by atoms with Gasteiger partial charge in [-0.2, -0.15) is 0 Å². The van der Waals surface area contributed by atoms with Crippen molar-refractivity contribution in [3.8, 4) is 0 Å². The summed E-state index contributed by atoms with van der Waals surface area (Å²) in [6.45, 7) is 1.94. The SMILES string of the molecule is CCc1ccc(Br)cc1F.Cl. The highest BCUT2D eigenvalue weighted by atomic mass is 79.9. The van der Waals surface area contributed by atoms with Crippen molar-refractivity contribution < 1.29 is 4.39 Å². The Labute approximate surface area is 80.3 Å². The maximum atomic E-state index is 12.8. The second-order valence-corrected chi connectivity index (χ2v) is 3.00. The number of aryl methyl sites for hydroxylation is 1. The van der Waals surface area contributed by atoms with Crippen molar-refractivity contribution in [2.24, 2.45) is 0 Å². The lowest BCUT2D eigenvalue weighted by Crippen LogP contribution is -1.85. The van der Waals surface area contributed by atoms with Gasteiger partial charge in [-0.15, -0.1) is 12.4 Å². The van der Waals surface area contributed by atoms with Gasteiger partial charge < -0.3 is 0 Å². The van der Waals surface area contributed by atoms with Gasteiger partial charge in [-0.1, -0.05) is 28.9 Å². The molecule has 1 rings (SSSR count). The van der Waals surface area contributed by atoms with Crippen molar-refractivity contribution in [1.82, 2.24) is 0 Å². The van der Waals surface area contributed by atoms with Crippen molar-refractivity contribution in [3.63, 3.8) is 0 Å². The van der Waals surface area contributed by atoms with Crippen molar-refractivity contribution in [2.75, 3.05) is 0 Å². The summed E-state index contributed by atoms with van der Waals surface area (Å²) in [6, 6.07) is 5.13. The van der Waals surface area contributed by atoms with Gasteiger partial charge in [-0.3, -0.25) is 0 Å². The molecule has 0 radical (unpaired) electrons. The molecule has 0 aliphatic heterocycles. The van der Waals surface area contributed by atoms with Gasteiger partial charge in [-0.05, 0) is 24.1 Å². The Morgan fingerprint density at radius 2 is 2.09 bits per heavy atom. The summed E-state index contributed by atoms with van der Waals surface area (Å²) in [7, 11) is 0. The van der Waals surface area contributed by atoms with E-state index in [0.29, 0.717) is 0 Å². The third-order valence-corrected chi connectivity index (χ3v) is 1.89. The van der Waals surface area contributed by atoms with Crippen LogP contribution in [0.25, 0.3) is 0 Å². The minimum atomic E-state index is -0.128. The molecule has 0 amide bonds. The number of halogens is 3. The second kappa shape index (κ2) is 4.73. The van der Waals surface area contributed by atoms with E-state index in [9.17, 15) is 4.39 Å². The highest BCUT2D eigenvalue weighted by molar-refractivity contribution is 9.10. The lowest BCUT2D eigenvalue weighted by Gasteiger charge is -1.97. The molecular formula is C8H9BrClF. The smallest absolute Gasteiger partial charge is 0.127 e. The predicted octanol–water partition coefficient (Wildman–Crippen LogP) is 3.57. The maximum absolute atomic E-state index is 12.8. The lowest BCUT2D eigenvalue weighted by atomic mass is 10.2. The summed E-state index contributed by atoms with van der Waals surface area (Å²) in [5.41, 5.74) is 0.767. The maximum Gasteiger partial charge on any atom is 0.127 e. The Morgan fingerprint density at radius 3 is 2.55 bits per heavy atom. The fourth-order valence-corrected chi connectivity index (χ4v) is 1.14. The first-order valence-corrected chi connectivity index (χ1v) is 3.97. The largest absolute Gasteiger partial charge is 0.207 e. The molecule has 0 N–H and O–H groups in total. The van der Waals surface area contributed by atoms with Crippen LogP contribution in [0.1, 0.15) is 12.5 Å². The summed E-state index contributed by atoms with van der Waals surface area (Å²) < 4.78 is 13.6. The molecule has 0 unspecified atom stereocenters. The van der Waals surface area contributed by atoms with Crippen LogP contribution < -0.4 is 0 Å². The van der Waals surface area contributed by atoms with Crippen molar-refractivity contribution >= 4 is 28.3 Å². The Kier molecular flexibility index (Phi) is 4.69. The molecule has 0 aliphatic carbocycles. The van der Waals surface area contributed by atoms with Crippen LogP contribution in [0, 0.1) is 5.82 Å². The number of benzene rings is 1. The topological polar surface area (TPSA) is 0 Å². The minimum Gasteiger partial charge on any atom is -0.207 e. The van der Waals surface area contributed by atoms with E-state index in [1.165, 1.54) is 6.07 Å². The molecule has 0 nitrogen and oxygen atoms in total. The molecule has 62 valence electrons. The van der Waals surface area contributed by atoms with Gasteiger partial charge in [0.2, 0.25) is 0 Å². The molecule has 0 saturated heterocycles. The van der Waals surface area contributed by atoms with Gasteiger partial charge >= 0.3 is 0 Å². The van der Waals surface area contributed by atoms with E-state index in [4.69, 9.17) is 0 Å². The first kappa shape index (κ1) is 10.9. The van der Waals surface area contributed by atoms with E-state index in [0.717, 1.165) is 16.5 Å². The van der Waals surface area contributed by atoms with Crippen LogP contribution in [0.2, 0.25) is 0 Å². The van der Waals surface area contributed by atoms with E-state index >= 15 is 0 Å². The van der Waals surface area contributed by atoms with Crippen LogP contribution in [-0.4, -0.2) is 0 Å². The van der Waals surface area contributed by atoms with Crippen LogP contribution in [0.15, 0.2) is 22.7 Å². The number of rotatable bonds is 1. The fraction of sp³-hybridized carbons (Fsp3) is 0.250. The number of hydrogen-bond acceptors (Lipinski definition) is 0. The zero-order valence-electron chi connectivity index (χ0n) is 6.10. The summed E-state index contributed by atoms with van der Waals surface area (Å²) in [5.74, 6) is -0.128. The van der Waals surface area contributed by atoms with Gasteiger partial charge in [-0.25, -0.2) is 4.39 Å². The summed E-state index contributed by atoms with van der Waals surface area (Å²) in [5, 5.41) is 0. The molecule has 0 bridgehead atoms. The first-order valence-electron chi connectivity index (χ1n) is 3.18. The normalized spacial score (nSPS) is 9.00. The first-order chi connectivity index (χ1) is 4.74. The molecule has 0 saturated carbocycles. The molecule has 0 fully saturated rings. The fourth-order valence-electron chi connectivity index (χ4n) is 0.808. The lowest BCUT2D eigenvalue weighted by molar-refractivity contribution is 0.611. The predicted molar refractivity (Wildman–Crippen MR) is 50.7 cm³/mol. The standard InChI is InChI=1S/C8H8BrF.ClH/c1-2-6-3-4-7(9)5-8(6)10;/h3-5H,2H2,1H3;1H. The van der Waals surface area contributed by atoms with E-state index in [-0.39, 0.29) is 18.2 Å². The van der Waals surface area contributed by atoms with Crippen LogP contribution in [-0.2, 0) is 6.42 Å². The average Bonchev–Trinajstić information content (AvgIpc) is 1.88. The van der Waals surface area contributed by atoms with Gasteiger partial charge in [0, 0.05) is 4.47 Å². The van der Waals surface area contributed by atoms with Crippen LogP contribution >= 0.6 is 28.3 Å². The van der Waals surface area contributed by atoms with E-state index in [1.54, 1.807) is 6.07 Å². The Balaban J connectivity index is 0.000001000. The van der Waals surface area contributed by atoms with Crippen molar-refractivity contribution in [3.05, 3.63) is 34.1 Å². The average molecular weight is 240 g/mol. The van der Waals surface area contributed by atoms with E-state index < -0.39 is 0 Å². The summed E-state index contributed by atoms with van der Waals surface area (Å²) in [6.07, 6.45) is 0.749. The third kappa shape index (κ3) is 2.80. The Hall–Kier alpha value is -0.0800. The molecule has 0 aliphatic rings. The van der Waals surface area contributed by atoms with Crippen LogP contribution in [0.4, 0.5) is 4.39 Å². The van der Waals surface area contributed by atoms with Gasteiger partial charge in [0.25, 0.3) is 0 Å². The van der Waals surface area contributed by atoms with Gasteiger partial charge in [0.1, 0.15) is 5.82 Å². The van der Waals surface area contributed by atoms with Crippen molar-refractivity contribution in [2.45, 2.75) is 13.3 Å². The third-order valence-electron chi connectivity index (χ3n) is 1.40. The van der Waals surface area contributed by atoms with Crippen LogP contribution in [0.5, 0.6) is 0 Å². The van der Waals surface area contributed by atoms with Crippen LogP contribution in [0.3, 0.4) is 0 Å². The second-order valence-electron chi connectivity index (χ2n) is 2.09. The Bertz CT molecular complexity index is 238. The molecule has 1 aromatic rings. The summed E-state index contributed by atoms with van der Waals surface area (Å²) in [4.78, 5) is 0.